The molecule has 0 radical (unpaired) electrons. The highest BCUT2D eigenvalue weighted by molar-refractivity contribution is 6.07. The molecule has 0 atom stereocenters. The normalized spacial score (nSPS) is 9.59. The summed E-state index contributed by atoms with van der Waals surface area (Å²) in [5.41, 5.74) is 2.67. The standard InChI is InChI=1S/C7H8.C6H9N.C4H9ClO.C4H8.C3H6.C3H4.C2H6/c1-7-5-3-2-4-6-7;1-6-2-4-7-5-3-6;1-2-3-4-6-5;1-3-4-2;2*1-3-2;1-2/h2-6H,1H3;2-4,7H,5H2,1H3;2-4H2,1H3;3-4H,1-2H3;3H,1H2,2H3;1H,2H3;1-2H3/b;;;4-3-;;;. The molecule has 0 aromatic heterocycles. The average Bonchev–Trinajstić information content (AvgIpc) is 2.82. The fourth-order valence-corrected chi connectivity index (χ4v) is 1.39. The lowest BCUT2D eigenvalue weighted by Gasteiger charge is -2.00. The number of nitrogens with one attached hydrogen (secondary N) is 1. The van der Waals surface area contributed by atoms with E-state index in [0.29, 0.717) is 6.61 Å². The number of unbranched alkanes of at least 4 members (excludes halogenated alkanes) is 1. The van der Waals surface area contributed by atoms with Crippen LogP contribution in [0, 0.1) is 19.3 Å². The van der Waals surface area contributed by atoms with E-state index in [9.17, 15) is 0 Å². The topological polar surface area (TPSA) is 21.3 Å². The van der Waals surface area contributed by atoms with Crippen LogP contribution in [-0.2, 0) is 4.29 Å². The minimum absolute atomic E-state index is 0.679. The van der Waals surface area contributed by atoms with E-state index >= 15 is 0 Å². The summed E-state index contributed by atoms with van der Waals surface area (Å²) in [6, 6.07) is 10.3. The first-order valence-corrected chi connectivity index (χ1v) is 11.6. The molecule has 0 bridgehead atoms. The maximum absolute atomic E-state index is 4.88. The number of terminal acetylenes is 1. The second kappa shape index (κ2) is 46.8. The predicted octanol–water partition coefficient (Wildman–Crippen LogP) is 9.44. The molecule has 0 unspecified atom stereocenters. The number of dihydropyridines is 1. The van der Waals surface area contributed by atoms with Crippen molar-refractivity contribution in [1.82, 2.24) is 5.32 Å². The Kier molecular flexibility index (Phi) is 58.8. The Hall–Kier alpha value is -2.21. The second-order valence-corrected chi connectivity index (χ2v) is 6.09. The van der Waals surface area contributed by atoms with Crippen LogP contribution in [0.15, 0.2) is 79.1 Å². The van der Waals surface area contributed by atoms with Crippen molar-refractivity contribution in [3.05, 3.63) is 84.6 Å². The van der Waals surface area contributed by atoms with E-state index in [1.807, 2.05) is 71.2 Å². The minimum atomic E-state index is 0.679. The van der Waals surface area contributed by atoms with Gasteiger partial charge >= 0.3 is 0 Å². The monoisotopic (exact) mass is 463 g/mol. The number of aryl methyl sites for hydroxylation is 1. The SMILES string of the molecule is C#CC.C/C=C\C.C=CC.CC.CC1=CCNC=C1.CCCCOCl.Cc1ccccc1. The van der Waals surface area contributed by atoms with Crippen molar-refractivity contribution in [3.8, 4) is 12.3 Å². The van der Waals surface area contributed by atoms with Crippen molar-refractivity contribution in [2.45, 2.75) is 75.2 Å². The Labute approximate surface area is 206 Å². The van der Waals surface area contributed by atoms with Crippen LogP contribution in [0.5, 0.6) is 0 Å². The Morgan fingerprint density at radius 1 is 1.12 bits per heavy atom. The molecule has 1 N–H and O–H groups in total. The third-order valence-electron chi connectivity index (χ3n) is 2.85. The molecule has 2 nitrogen and oxygen atoms in total. The first kappa shape index (κ1) is 40.2. The fraction of sp³-hybridized carbons (Fsp3) is 0.448. The van der Waals surface area contributed by atoms with Crippen LogP contribution >= 0.6 is 11.9 Å². The summed E-state index contributed by atoms with van der Waals surface area (Å²) in [5.74, 6) is 2.25. The molecule has 1 aliphatic heterocycles. The van der Waals surface area contributed by atoms with Gasteiger partial charge in [-0.2, -0.15) is 0 Å². The minimum Gasteiger partial charge on any atom is -0.387 e. The van der Waals surface area contributed by atoms with Gasteiger partial charge < -0.3 is 5.32 Å². The van der Waals surface area contributed by atoms with E-state index in [2.05, 4.69) is 73.6 Å². The van der Waals surface area contributed by atoms with Gasteiger partial charge in [0.2, 0.25) is 0 Å². The van der Waals surface area contributed by atoms with Gasteiger partial charge in [0.25, 0.3) is 0 Å². The first-order chi connectivity index (χ1) is 15.4. The number of allylic oxidation sites excluding steroid dienone is 5. The zero-order valence-electron chi connectivity index (χ0n) is 22.2. The molecule has 184 valence electrons. The van der Waals surface area contributed by atoms with E-state index < -0.39 is 0 Å². The number of rotatable bonds is 3. The summed E-state index contributed by atoms with van der Waals surface area (Å²) >= 11 is 4.88. The highest BCUT2D eigenvalue weighted by Crippen LogP contribution is 1.95. The van der Waals surface area contributed by atoms with Crippen molar-refractivity contribution < 1.29 is 4.29 Å². The lowest BCUT2D eigenvalue weighted by atomic mass is 10.2. The highest BCUT2D eigenvalue weighted by atomic mass is 35.5. The van der Waals surface area contributed by atoms with Gasteiger partial charge in [0.05, 0.1) is 18.5 Å². The third-order valence-corrected chi connectivity index (χ3v) is 3.01. The van der Waals surface area contributed by atoms with E-state index in [0.717, 1.165) is 19.4 Å². The van der Waals surface area contributed by atoms with Crippen LogP contribution in [0.1, 0.15) is 73.8 Å². The summed E-state index contributed by atoms with van der Waals surface area (Å²) < 4.78 is 4.25. The molecule has 0 saturated carbocycles. The molecule has 1 aromatic carbocycles. The van der Waals surface area contributed by atoms with Gasteiger partial charge in [0, 0.05) is 6.54 Å². The van der Waals surface area contributed by atoms with Crippen LogP contribution in [-0.4, -0.2) is 13.2 Å². The summed E-state index contributed by atoms with van der Waals surface area (Å²) in [6.07, 6.45) is 18.7. The lowest BCUT2D eigenvalue weighted by molar-refractivity contribution is 0.341. The lowest BCUT2D eigenvalue weighted by Crippen LogP contribution is -2.07. The maximum Gasteiger partial charge on any atom is 0.0682 e. The van der Waals surface area contributed by atoms with Gasteiger partial charge in [0.1, 0.15) is 0 Å². The van der Waals surface area contributed by atoms with Gasteiger partial charge in [-0.15, -0.1) is 18.9 Å². The average molecular weight is 464 g/mol. The molecule has 1 heterocycles. The van der Waals surface area contributed by atoms with E-state index in [-0.39, 0.29) is 0 Å². The van der Waals surface area contributed by atoms with E-state index in [4.69, 9.17) is 11.9 Å². The first-order valence-electron chi connectivity index (χ1n) is 11.3. The van der Waals surface area contributed by atoms with Gasteiger partial charge in [-0.3, -0.25) is 4.29 Å². The third kappa shape index (κ3) is 63.0. The zero-order chi connectivity index (χ0) is 25.9. The molecule has 32 heavy (non-hydrogen) atoms. The number of benzene rings is 1. The molecule has 2 rings (SSSR count). The number of hydrogen-bond donors (Lipinski definition) is 1. The summed E-state index contributed by atoms with van der Waals surface area (Å²) in [4.78, 5) is 0. The Bertz CT molecular complexity index is 546. The van der Waals surface area contributed by atoms with Crippen LogP contribution in [0.25, 0.3) is 0 Å². The van der Waals surface area contributed by atoms with Crippen LogP contribution in [0.2, 0.25) is 0 Å². The highest BCUT2D eigenvalue weighted by Gasteiger charge is 1.84. The molecule has 1 aromatic rings. The Morgan fingerprint density at radius 2 is 1.59 bits per heavy atom. The van der Waals surface area contributed by atoms with Gasteiger partial charge in [-0.25, -0.2) is 0 Å². The number of halogens is 1. The molecule has 0 spiro atoms. The van der Waals surface area contributed by atoms with Gasteiger partial charge in [0.15, 0.2) is 0 Å². The summed E-state index contributed by atoms with van der Waals surface area (Å²) in [6.45, 7) is 22.8. The summed E-state index contributed by atoms with van der Waals surface area (Å²) in [5, 5.41) is 3.06. The van der Waals surface area contributed by atoms with Crippen molar-refractivity contribution in [1.29, 1.82) is 0 Å². The summed E-state index contributed by atoms with van der Waals surface area (Å²) in [7, 11) is 0. The van der Waals surface area contributed by atoms with Crippen LogP contribution < -0.4 is 5.32 Å². The fourth-order valence-electron chi connectivity index (χ4n) is 1.28. The quantitative estimate of drug-likeness (QED) is 0.273. The number of hydrogen-bond acceptors (Lipinski definition) is 2. The molecular weight excluding hydrogens is 414 g/mol. The molecule has 0 aliphatic carbocycles. The second-order valence-electron chi connectivity index (χ2n) is 5.87. The molecule has 0 amide bonds. The van der Waals surface area contributed by atoms with Crippen molar-refractivity contribution in [2.75, 3.05) is 13.2 Å². The maximum atomic E-state index is 4.88. The smallest absolute Gasteiger partial charge is 0.0682 e. The Balaban J connectivity index is -0.0000000928. The zero-order valence-corrected chi connectivity index (χ0v) is 23.0. The van der Waals surface area contributed by atoms with Crippen molar-refractivity contribution in [3.63, 3.8) is 0 Å². The molecule has 3 heteroatoms. The largest absolute Gasteiger partial charge is 0.387 e. The molecule has 1 aliphatic rings. The van der Waals surface area contributed by atoms with Crippen LogP contribution in [0.4, 0.5) is 0 Å². The van der Waals surface area contributed by atoms with Gasteiger partial charge in [-0.05, 0) is 60.2 Å². The predicted molar refractivity (Wildman–Crippen MR) is 151 cm³/mol. The van der Waals surface area contributed by atoms with Gasteiger partial charge in [-0.1, -0.05) is 93.0 Å². The Morgan fingerprint density at radius 3 is 1.75 bits per heavy atom. The van der Waals surface area contributed by atoms with Crippen LogP contribution in [0.3, 0.4) is 0 Å². The molecule has 0 saturated heterocycles. The van der Waals surface area contributed by atoms with Crippen molar-refractivity contribution in [2.24, 2.45) is 0 Å². The van der Waals surface area contributed by atoms with Crippen molar-refractivity contribution >= 4 is 11.9 Å². The molecular formula is C29H50ClNO. The van der Waals surface area contributed by atoms with E-state index in [1.54, 1.807) is 13.0 Å². The van der Waals surface area contributed by atoms with E-state index in [1.165, 1.54) is 11.1 Å². The molecule has 0 fully saturated rings.